The molecule has 1 aromatic carbocycles. The van der Waals surface area contributed by atoms with Crippen molar-refractivity contribution in [1.29, 1.82) is 0 Å². The maximum absolute atomic E-state index is 12.7. The Kier molecular flexibility index (Phi) is 5.40. The van der Waals surface area contributed by atoms with Crippen LogP contribution in [-0.4, -0.2) is 44.1 Å². The lowest BCUT2D eigenvalue weighted by Gasteiger charge is -2.30. The lowest BCUT2D eigenvalue weighted by atomic mass is 9.97. The quantitative estimate of drug-likeness (QED) is 0.503. The van der Waals surface area contributed by atoms with Crippen LogP contribution in [0.2, 0.25) is 0 Å². The summed E-state index contributed by atoms with van der Waals surface area (Å²) < 4.78 is 5.47. The number of hydrogen-bond acceptors (Lipinski definition) is 7. The third kappa shape index (κ3) is 4.31. The first-order valence-corrected chi connectivity index (χ1v) is 10.9. The van der Waals surface area contributed by atoms with Gasteiger partial charge in [-0.3, -0.25) is 4.98 Å². The average molecular weight is 433 g/mol. The molecular formula is C22H20N6O2S. The number of carbonyl (C=O) groups excluding carboxylic acids is 1. The second-order valence-corrected chi connectivity index (χ2v) is 8.18. The molecule has 1 aliphatic rings. The maximum atomic E-state index is 12.7. The van der Waals surface area contributed by atoms with Crippen molar-refractivity contribution in [1.82, 2.24) is 25.0 Å². The molecule has 4 aromatic rings. The van der Waals surface area contributed by atoms with Gasteiger partial charge < -0.3 is 14.7 Å². The number of urea groups is 1. The highest BCUT2D eigenvalue weighted by atomic mass is 32.1. The molecule has 1 N–H and O–H groups in total. The van der Waals surface area contributed by atoms with Gasteiger partial charge in [0.2, 0.25) is 11.7 Å². The Hall–Kier alpha value is -3.59. The molecule has 3 aromatic heterocycles. The molecule has 1 saturated heterocycles. The maximum Gasteiger partial charge on any atom is 0.321 e. The Bertz CT molecular complexity index is 1150. The van der Waals surface area contributed by atoms with E-state index >= 15 is 0 Å². The molecule has 0 saturated carbocycles. The van der Waals surface area contributed by atoms with Crippen molar-refractivity contribution in [2.45, 2.75) is 18.8 Å². The van der Waals surface area contributed by atoms with Crippen molar-refractivity contribution >= 4 is 23.1 Å². The highest BCUT2D eigenvalue weighted by molar-refractivity contribution is 7.13. The molecule has 9 heteroatoms. The number of likely N-dealkylation sites (tertiary alicyclic amines) is 1. The monoisotopic (exact) mass is 432 g/mol. The van der Waals surface area contributed by atoms with E-state index in [9.17, 15) is 4.79 Å². The molecule has 0 atom stereocenters. The van der Waals surface area contributed by atoms with E-state index in [1.165, 1.54) is 0 Å². The highest BCUT2D eigenvalue weighted by Crippen LogP contribution is 2.29. The van der Waals surface area contributed by atoms with E-state index in [1.54, 1.807) is 23.7 Å². The topological polar surface area (TPSA) is 97.0 Å². The van der Waals surface area contributed by atoms with E-state index in [-0.39, 0.29) is 11.9 Å². The van der Waals surface area contributed by atoms with Crippen molar-refractivity contribution in [3.05, 3.63) is 66.1 Å². The summed E-state index contributed by atoms with van der Waals surface area (Å²) in [6.07, 6.45) is 5.03. The van der Waals surface area contributed by atoms with Crippen LogP contribution in [0.5, 0.6) is 0 Å². The van der Waals surface area contributed by atoms with Gasteiger partial charge in [0, 0.05) is 48.0 Å². The molecule has 2 amide bonds. The van der Waals surface area contributed by atoms with Crippen molar-refractivity contribution in [3.63, 3.8) is 0 Å². The average Bonchev–Trinajstić information content (AvgIpc) is 3.53. The van der Waals surface area contributed by atoms with Gasteiger partial charge in [0.1, 0.15) is 10.7 Å². The molecular weight excluding hydrogens is 412 g/mol. The normalized spacial score (nSPS) is 14.5. The first kappa shape index (κ1) is 19.4. The zero-order valence-electron chi connectivity index (χ0n) is 16.6. The zero-order valence-corrected chi connectivity index (χ0v) is 17.5. The number of amides is 2. The highest BCUT2D eigenvalue weighted by Gasteiger charge is 2.28. The molecule has 156 valence electrons. The fourth-order valence-corrected chi connectivity index (χ4v) is 4.26. The minimum absolute atomic E-state index is 0.102. The number of carbonyl (C=O) groups is 1. The Morgan fingerprint density at radius 1 is 1.10 bits per heavy atom. The van der Waals surface area contributed by atoms with E-state index in [0.29, 0.717) is 30.5 Å². The van der Waals surface area contributed by atoms with Crippen molar-refractivity contribution < 1.29 is 9.32 Å². The smallest absolute Gasteiger partial charge is 0.321 e. The van der Waals surface area contributed by atoms with Gasteiger partial charge in [-0.1, -0.05) is 23.4 Å². The summed E-state index contributed by atoms with van der Waals surface area (Å²) in [6, 6.07) is 13.2. The summed E-state index contributed by atoms with van der Waals surface area (Å²) >= 11 is 1.57. The number of pyridine rings is 1. The molecule has 0 bridgehead atoms. The Balaban J connectivity index is 1.19. The minimum Gasteiger partial charge on any atom is -0.339 e. The molecule has 0 radical (unpaired) electrons. The van der Waals surface area contributed by atoms with Gasteiger partial charge in [0.15, 0.2) is 0 Å². The lowest BCUT2D eigenvalue weighted by Crippen LogP contribution is -2.40. The van der Waals surface area contributed by atoms with Gasteiger partial charge in [0.05, 0.1) is 0 Å². The van der Waals surface area contributed by atoms with Crippen LogP contribution >= 0.6 is 11.3 Å². The molecule has 4 heterocycles. The van der Waals surface area contributed by atoms with Crippen LogP contribution in [0, 0.1) is 0 Å². The minimum atomic E-state index is -0.102. The van der Waals surface area contributed by atoms with E-state index in [4.69, 9.17) is 4.52 Å². The molecule has 8 nitrogen and oxygen atoms in total. The summed E-state index contributed by atoms with van der Waals surface area (Å²) in [5, 5.41) is 9.92. The van der Waals surface area contributed by atoms with Crippen LogP contribution in [0.25, 0.3) is 22.1 Å². The molecule has 0 spiro atoms. The van der Waals surface area contributed by atoms with Gasteiger partial charge in [-0.25, -0.2) is 9.78 Å². The Morgan fingerprint density at radius 3 is 2.77 bits per heavy atom. The number of aromatic nitrogens is 4. The van der Waals surface area contributed by atoms with E-state index < -0.39 is 0 Å². The standard InChI is InChI=1S/C22H20N6O2S/c29-22(25-17-5-3-4-16(14-17)21-24-10-13-31-21)28-11-7-15(8-12-28)20-26-19(27-30-20)18-6-1-2-9-23-18/h1-6,9-10,13-15H,7-8,11-12H2,(H,25,29). The lowest BCUT2D eigenvalue weighted by molar-refractivity contribution is 0.187. The number of benzene rings is 1. The largest absolute Gasteiger partial charge is 0.339 e. The number of piperidine rings is 1. The van der Waals surface area contributed by atoms with Crippen LogP contribution in [0.1, 0.15) is 24.7 Å². The number of thiazole rings is 1. The SMILES string of the molecule is O=C(Nc1cccc(-c2nccs2)c1)N1CCC(c2nc(-c3ccccn3)no2)CC1. The first-order chi connectivity index (χ1) is 15.3. The Labute approximate surface area is 183 Å². The number of hydrogen-bond donors (Lipinski definition) is 1. The summed E-state index contributed by atoms with van der Waals surface area (Å²) in [5.41, 5.74) is 2.44. The summed E-state index contributed by atoms with van der Waals surface area (Å²) in [7, 11) is 0. The number of nitrogens with zero attached hydrogens (tertiary/aromatic N) is 5. The first-order valence-electron chi connectivity index (χ1n) is 10.1. The second kappa shape index (κ2) is 8.65. The molecule has 0 aliphatic carbocycles. The Morgan fingerprint density at radius 2 is 2.00 bits per heavy atom. The van der Waals surface area contributed by atoms with Gasteiger partial charge in [-0.15, -0.1) is 11.3 Å². The van der Waals surface area contributed by atoms with Crippen molar-refractivity contribution in [2.75, 3.05) is 18.4 Å². The third-order valence-corrected chi connectivity index (χ3v) is 6.08. The van der Waals surface area contributed by atoms with Crippen LogP contribution in [0.3, 0.4) is 0 Å². The van der Waals surface area contributed by atoms with Gasteiger partial charge in [-0.2, -0.15) is 4.98 Å². The van der Waals surface area contributed by atoms with Gasteiger partial charge in [0.25, 0.3) is 0 Å². The predicted octanol–water partition coefficient (Wildman–Crippen LogP) is 4.67. The summed E-state index contributed by atoms with van der Waals surface area (Å²) in [5.74, 6) is 1.25. The summed E-state index contributed by atoms with van der Waals surface area (Å²) in [4.78, 5) is 27.7. The molecule has 0 unspecified atom stereocenters. The molecule has 31 heavy (non-hydrogen) atoms. The molecule has 5 rings (SSSR count). The van der Waals surface area contributed by atoms with E-state index in [2.05, 4.69) is 25.4 Å². The summed E-state index contributed by atoms with van der Waals surface area (Å²) in [6.45, 7) is 1.26. The van der Waals surface area contributed by atoms with Gasteiger partial charge >= 0.3 is 6.03 Å². The fourth-order valence-electron chi connectivity index (χ4n) is 3.63. The van der Waals surface area contributed by atoms with E-state index in [0.717, 1.165) is 29.1 Å². The third-order valence-electron chi connectivity index (χ3n) is 5.26. The van der Waals surface area contributed by atoms with Gasteiger partial charge in [-0.05, 0) is 37.1 Å². The molecule has 1 fully saturated rings. The van der Waals surface area contributed by atoms with Crippen molar-refractivity contribution in [2.24, 2.45) is 0 Å². The van der Waals surface area contributed by atoms with Crippen LogP contribution in [0.4, 0.5) is 10.5 Å². The van der Waals surface area contributed by atoms with Crippen molar-refractivity contribution in [3.8, 4) is 22.1 Å². The number of nitrogens with one attached hydrogen (secondary N) is 1. The van der Waals surface area contributed by atoms with Crippen LogP contribution in [-0.2, 0) is 0 Å². The predicted molar refractivity (Wildman–Crippen MR) is 118 cm³/mol. The fraction of sp³-hybridized carbons (Fsp3) is 0.227. The molecule has 1 aliphatic heterocycles. The number of anilines is 1. The van der Waals surface area contributed by atoms with Crippen LogP contribution in [0.15, 0.2) is 64.8 Å². The van der Waals surface area contributed by atoms with E-state index in [1.807, 2.05) is 52.7 Å². The van der Waals surface area contributed by atoms with Crippen LogP contribution < -0.4 is 5.32 Å². The number of rotatable bonds is 4. The zero-order chi connectivity index (χ0) is 21.0. The second-order valence-electron chi connectivity index (χ2n) is 7.28.